The van der Waals surface area contributed by atoms with Crippen molar-refractivity contribution in [3.63, 3.8) is 0 Å². The van der Waals surface area contributed by atoms with Gasteiger partial charge in [-0.3, -0.25) is 4.79 Å². The van der Waals surface area contributed by atoms with Gasteiger partial charge in [0.2, 0.25) is 5.91 Å². The molecule has 0 fully saturated rings. The molecule has 0 aliphatic heterocycles. The summed E-state index contributed by atoms with van der Waals surface area (Å²) < 4.78 is 5.09. The zero-order valence-electron chi connectivity index (χ0n) is 13.3. The van der Waals surface area contributed by atoms with Gasteiger partial charge in [-0.15, -0.1) is 0 Å². The summed E-state index contributed by atoms with van der Waals surface area (Å²) in [4.78, 5) is 23.9. The number of carbonyl (C=O) groups is 2. The number of nitrogens with two attached hydrogens (primary N) is 1. The van der Waals surface area contributed by atoms with Gasteiger partial charge in [-0.1, -0.05) is 60.7 Å². The molecule has 2 amide bonds. The van der Waals surface area contributed by atoms with Gasteiger partial charge in [0.1, 0.15) is 12.6 Å². The number of amides is 2. The molecule has 24 heavy (non-hydrogen) atoms. The van der Waals surface area contributed by atoms with Crippen LogP contribution in [0, 0.1) is 0 Å². The van der Waals surface area contributed by atoms with E-state index in [2.05, 4.69) is 10.6 Å². The maximum absolute atomic E-state index is 12.1. The predicted molar refractivity (Wildman–Crippen MR) is 90.9 cm³/mol. The molecular formula is C18H21N3O3. The lowest BCUT2D eigenvalue weighted by Crippen LogP contribution is -2.50. The average molecular weight is 327 g/mol. The third-order valence-corrected chi connectivity index (χ3v) is 3.37. The Morgan fingerprint density at radius 3 is 2.12 bits per heavy atom. The lowest BCUT2D eigenvalue weighted by Gasteiger charge is -2.16. The fourth-order valence-electron chi connectivity index (χ4n) is 2.05. The van der Waals surface area contributed by atoms with Crippen molar-refractivity contribution in [2.45, 2.75) is 19.2 Å². The van der Waals surface area contributed by atoms with Crippen LogP contribution in [0.2, 0.25) is 0 Å². The Kier molecular flexibility index (Phi) is 6.79. The van der Waals surface area contributed by atoms with Gasteiger partial charge < -0.3 is 21.1 Å². The molecule has 0 unspecified atom stereocenters. The van der Waals surface area contributed by atoms with E-state index in [0.29, 0.717) is 6.54 Å². The normalized spacial score (nSPS) is 11.4. The lowest BCUT2D eigenvalue weighted by molar-refractivity contribution is -0.123. The first kappa shape index (κ1) is 17.5. The van der Waals surface area contributed by atoms with Crippen molar-refractivity contribution in [2.24, 2.45) is 5.73 Å². The molecule has 2 rings (SSSR count). The standard InChI is InChI=1S/C18H21N3O3/c19-11-16(17(22)20-12-14-7-3-1-4-8-14)21-18(23)24-13-15-9-5-2-6-10-15/h1-10,16H,11-13,19H2,(H,20,22)(H,21,23)/t16-/m0/s1. The van der Waals surface area contributed by atoms with Crippen LogP contribution in [0.1, 0.15) is 11.1 Å². The second-order valence-electron chi connectivity index (χ2n) is 5.20. The molecule has 2 aromatic rings. The molecular weight excluding hydrogens is 306 g/mol. The van der Waals surface area contributed by atoms with E-state index >= 15 is 0 Å². The molecule has 0 bridgehead atoms. The van der Waals surface area contributed by atoms with Crippen molar-refractivity contribution in [3.8, 4) is 0 Å². The second-order valence-corrected chi connectivity index (χ2v) is 5.20. The van der Waals surface area contributed by atoms with Crippen molar-refractivity contribution >= 4 is 12.0 Å². The van der Waals surface area contributed by atoms with Gasteiger partial charge in [0.05, 0.1) is 0 Å². The van der Waals surface area contributed by atoms with E-state index in [9.17, 15) is 9.59 Å². The van der Waals surface area contributed by atoms with E-state index in [1.54, 1.807) is 0 Å². The molecule has 0 saturated carbocycles. The molecule has 1 atom stereocenters. The van der Waals surface area contributed by atoms with Gasteiger partial charge in [-0.05, 0) is 11.1 Å². The van der Waals surface area contributed by atoms with Gasteiger partial charge in [0.25, 0.3) is 0 Å². The van der Waals surface area contributed by atoms with Crippen LogP contribution in [0.3, 0.4) is 0 Å². The van der Waals surface area contributed by atoms with Crippen molar-refractivity contribution < 1.29 is 14.3 Å². The number of hydrogen-bond donors (Lipinski definition) is 3. The van der Waals surface area contributed by atoms with Crippen molar-refractivity contribution in [3.05, 3.63) is 71.8 Å². The minimum Gasteiger partial charge on any atom is -0.445 e. The van der Waals surface area contributed by atoms with E-state index in [4.69, 9.17) is 10.5 Å². The summed E-state index contributed by atoms with van der Waals surface area (Å²) in [6, 6.07) is 17.9. The third-order valence-electron chi connectivity index (χ3n) is 3.37. The number of alkyl carbamates (subject to hydrolysis) is 1. The molecule has 6 heteroatoms. The Balaban J connectivity index is 1.77. The maximum atomic E-state index is 12.1. The van der Waals surface area contributed by atoms with E-state index < -0.39 is 12.1 Å². The van der Waals surface area contributed by atoms with E-state index in [0.717, 1.165) is 11.1 Å². The molecule has 0 aliphatic carbocycles. The molecule has 0 spiro atoms. The Labute approximate surface area is 141 Å². The topological polar surface area (TPSA) is 93.4 Å². The van der Waals surface area contributed by atoms with E-state index in [1.165, 1.54) is 0 Å². The molecule has 0 radical (unpaired) electrons. The fraction of sp³-hybridized carbons (Fsp3) is 0.222. The van der Waals surface area contributed by atoms with Gasteiger partial charge in [0.15, 0.2) is 0 Å². The van der Waals surface area contributed by atoms with Crippen LogP contribution in [-0.4, -0.2) is 24.6 Å². The Morgan fingerprint density at radius 2 is 1.54 bits per heavy atom. The smallest absolute Gasteiger partial charge is 0.408 e. The Hall–Kier alpha value is -2.86. The summed E-state index contributed by atoms with van der Waals surface area (Å²) in [6.45, 7) is 0.494. The highest BCUT2D eigenvalue weighted by Crippen LogP contribution is 2.01. The highest BCUT2D eigenvalue weighted by molar-refractivity contribution is 5.85. The minimum atomic E-state index is -0.836. The van der Waals surface area contributed by atoms with Gasteiger partial charge in [-0.2, -0.15) is 0 Å². The molecule has 0 saturated heterocycles. The third kappa shape index (κ3) is 5.73. The van der Waals surface area contributed by atoms with Crippen LogP contribution in [0.5, 0.6) is 0 Å². The SMILES string of the molecule is NC[C@H](NC(=O)OCc1ccccc1)C(=O)NCc1ccccc1. The van der Waals surface area contributed by atoms with Crippen molar-refractivity contribution in [1.82, 2.24) is 10.6 Å². The molecule has 6 nitrogen and oxygen atoms in total. The molecule has 0 aromatic heterocycles. The molecule has 4 N–H and O–H groups in total. The summed E-state index contributed by atoms with van der Waals surface area (Å²) in [6.07, 6.45) is -0.677. The summed E-state index contributed by atoms with van der Waals surface area (Å²) >= 11 is 0. The highest BCUT2D eigenvalue weighted by Gasteiger charge is 2.19. The zero-order valence-corrected chi connectivity index (χ0v) is 13.3. The molecule has 0 heterocycles. The zero-order chi connectivity index (χ0) is 17.2. The van der Waals surface area contributed by atoms with Gasteiger partial charge in [-0.25, -0.2) is 4.79 Å². The summed E-state index contributed by atoms with van der Waals surface area (Å²) in [5, 5.41) is 5.21. The summed E-state index contributed by atoms with van der Waals surface area (Å²) in [5.74, 6) is -0.349. The summed E-state index contributed by atoms with van der Waals surface area (Å²) in [7, 11) is 0. The minimum absolute atomic E-state index is 0.0128. The number of rotatable bonds is 7. The number of benzene rings is 2. The first-order valence-electron chi connectivity index (χ1n) is 7.68. The lowest BCUT2D eigenvalue weighted by atomic mass is 10.2. The number of nitrogens with one attached hydrogen (secondary N) is 2. The Bertz CT molecular complexity index is 647. The highest BCUT2D eigenvalue weighted by atomic mass is 16.5. The van der Waals surface area contributed by atoms with E-state index in [1.807, 2.05) is 60.7 Å². The predicted octanol–water partition coefficient (Wildman–Crippen LogP) is 1.56. The number of ether oxygens (including phenoxy) is 1. The first-order chi connectivity index (χ1) is 11.7. The number of hydrogen-bond acceptors (Lipinski definition) is 4. The van der Waals surface area contributed by atoms with Crippen LogP contribution >= 0.6 is 0 Å². The Morgan fingerprint density at radius 1 is 0.958 bits per heavy atom. The second kappa shape index (κ2) is 9.32. The quantitative estimate of drug-likeness (QED) is 0.719. The van der Waals surface area contributed by atoms with Crippen molar-refractivity contribution in [2.75, 3.05) is 6.54 Å². The van der Waals surface area contributed by atoms with Gasteiger partial charge >= 0.3 is 6.09 Å². The largest absolute Gasteiger partial charge is 0.445 e. The van der Waals surface area contributed by atoms with Crippen LogP contribution in [-0.2, 0) is 22.7 Å². The van der Waals surface area contributed by atoms with Crippen molar-refractivity contribution in [1.29, 1.82) is 0 Å². The van der Waals surface area contributed by atoms with Crippen LogP contribution in [0.15, 0.2) is 60.7 Å². The molecule has 126 valence electrons. The summed E-state index contributed by atoms with van der Waals surface area (Å²) in [5.41, 5.74) is 7.40. The van der Waals surface area contributed by atoms with Crippen LogP contribution in [0.25, 0.3) is 0 Å². The monoisotopic (exact) mass is 327 g/mol. The fourth-order valence-corrected chi connectivity index (χ4v) is 2.05. The number of carbonyl (C=O) groups excluding carboxylic acids is 2. The molecule has 2 aromatic carbocycles. The molecule has 0 aliphatic rings. The average Bonchev–Trinajstić information content (AvgIpc) is 2.64. The van der Waals surface area contributed by atoms with Crippen LogP contribution < -0.4 is 16.4 Å². The maximum Gasteiger partial charge on any atom is 0.408 e. The van der Waals surface area contributed by atoms with Crippen LogP contribution in [0.4, 0.5) is 4.79 Å². The van der Waals surface area contributed by atoms with E-state index in [-0.39, 0.29) is 19.1 Å². The first-order valence-corrected chi connectivity index (χ1v) is 7.68. The van der Waals surface area contributed by atoms with Gasteiger partial charge in [0, 0.05) is 13.1 Å².